The Labute approximate surface area is 165 Å². The van der Waals surface area contributed by atoms with Crippen molar-refractivity contribution in [3.8, 4) is 0 Å². The van der Waals surface area contributed by atoms with Crippen molar-refractivity contribution in [1.82, 2.24) is 4.90 Å². The molecule has 0 amide bonds. The van der Waals surface area contributed by atoms with Gasteiger partial charge in [0.05, 0.1) is 13.0 Å². The molecule has 0 aromatic rings. The van der Waals surface area contributed by atoms with Crippen LogP contribution in [0.3, 0.4) is 0 Å². The lowest BCUT2D eigenvalue weighted by atomic mass is 9.76. The molecule has 26 heavy (non-hydrogen) atoms. The van der Waals surface area contributed by atoms with Crippen LogP contribution in [0.5, 0.6) is 0 Å². The zero-order chi connectivity index (χ0) is 19.7. The van der Waals surface area contributed by atoms with Crippen LogP contribution in [0.1, 0.15) is 53.4 Å². The fourth-order valence-corrected chi connectivity index (χ4v) is 4.62. The third-order valence-corrected chi connectivity index (χ3v) is 7.74. The second-order valence-electron chi connectivity index (χ2n) is 7.69. The van der Waals surface area contributed by atoms with Crippen LogP contribution in [0.15, 0.2) is 11.8 Å². The first-order valence-corrected chi connectivity index (χ1v) is 12.8. The van der Waals surface area contributed by atoms with Crippen LogP contribution in [-0.4, -0.2) is 42.5 Å². The molecule has 0 fully saturated rings. The number of ether oxygens (including phenoxy) is 1. The van der Waals surface area contributed by atoms with E-state index in [0.29, 0.717) is 18.5 Å². The Bertz CT molecular complexity index is 648. The van der Waals surface area contributed by atoms with Crippen molar-refractivity contribution in [3.05, 3.63) is 11.8 Å². The minimum Gasteiger partial charge on any atom is -0.466 e. The van der Waals surface area contributed by atoms with E-state index >= 15 is 0 Å². The number of carbonyl (C=O) groups excluding carboxylic acids is 2. The third-order valence-electron chi connectivity index (χ3n) is 4.35. The summed E-state index contributed by atoms with van der Waals surface area (Å²) >= 11 is 4.64. The number of esters is 1. The Morgan fingerprint density at radius 3 is 2.69 bits per heavy atom. The molecule has 1 unspecified atom stereocenters. The summed E-state index contributed by atoms with van der Waals surface area (Å²) in [5.41, 5.74) is 0.637. The smallest absolute Gasteiger partial charge is 0.306 e. The summed E-state index contributed by atoms with van der Waals surface area (Å²) < 4.78 is 16.3. The van der Waals surface area contributed by atoms with Gasteiger partial charge < -0.3 is 9.64 Å². The normalized spacial score (nSPS) is 16.9. The molecular weight excluding hydrogens is 389 g/mol. The molecule has 0 bridgehead atoms. The van der Waals surface area contributed by atoms with Crippen molar-refractivity contribution in [1.29, 1.82) is 0 Å². The summed E-state index contributed by atoms with van der Waals surface area (Å²) in [6, 6.07) is 0. The molecule has 5 nitrogen and oxygen atoms in total. The van der Waals surface area contributed by atoms with Gasteiger partial charge in [-0.3, -0.25) is 14.2 Å². The maximum absolute atomic E-state index is 12.7. The number of Topliss-reactive ketones (excluding diaryl/α,β-unsaturated/α-hetero) is 1. The molecule has 0 aromatic heterocycles. The lowest BCUT2D eigenvalue weighted by Crippen LogP contribution is -2.36. The predicted molar refractivity (Wildman–Crippen MR) is 110 cm³/mol. The van der Waals surface area contributed by atoms with Gasteiger partial charge in [0.15, 0.2) is 12.4 Å². The van der Waals surface area contributed by atoms with Crippen molar-refractivity contribution in [2.45, 2.75) is 53.4 Å². The Balaban J connectivity index is 2.51. The number of ketones is 1. The third kappa shape index (κ3) is 8.28. The van der Waals surface area contributed by atoms with Gasteiger partial charge in [0.2, 0.25) is 0 Å². The van der Waals surface area contributed by atoms with Crippen molar-refractivity contribution < 1.29 is 18.9 Å². The van der Waals surface area contributed by atoms with Crippen LogP contribution in [0.25, 0.3) is 0 Å². The van der Waals surface area contributed by atoms with Gasteiger partial charge in [-0.05, 0) is 44.9 Å². The molecule has 0 aliphatic carbocycles. The van der Waals surface area contributed by atoms with Gasteiger partial charge in [-0.2, -0.15) is 0 Å². The number of hydrogen-bond donors (Lipinski definition) is 0. The quantitative estimate of drug-likeness (QED) is 0.305. The Hall–Kier alpha value is -0.780. The molecular formula is C18H30NO4PS2. The van der Waals surface area contributed by atoms with E-state index in [1.807, 2.05) is 6.20 Å². The first-order valence-electron chi connectivity index (χ1n) is 9.05. The topological polar surface area (TPSA) is 63.7 Å². The van der Waals surface area contributed by atoms with Crippen molar-refractivity contribution in [2.24, 2.45) is 11.3 Å². The lowest BCUT2D eigenvalue weighted by molar-refractivity contribution is -0.144. The first kappa shape index (κ1) is 23.3. The summed E-state index contributed by atoms with van der Waals surface area (Å²) in [6.45, 7) is 9.16. The SMILES string of the molecule is CC(C)CN1C=C(C(=O)CCC(=O)OCCCP(=O)=S=S)C(C)(C)CC1. The Kier molecular flexibility index (Phi) is 9.98. The van der Waals surface area contributed by atoms with Crippen LogP contribution < -0.4 is 0 Å². The van der Waals surface area contributed by atoms with Gasteiger partial charge in [-0.15, -0.1) is 0 Å². The maximum atomic E-state index is 12.7. The predicted octanol–water partition coefficient (Wildman–Crippen LogP) is 3.83. The molecule has 0 aromatic carbocycles. The number of carbonyl (C=O) groups is 2. The zero-order valence-corrected chi connectivity index (χ0v) is 18.7. The molecule has 0 radical (unpaired) electrons. The molecule has 0 N–H and O–H groups in total. The monoisotopic (exact) mass is 419 g/mol. The summed E-state index contributed by atoms with van der Waals surface area (Å²) in [5.74, 6) is 0.173. The second-order valence-corrected chi connectivity index (χ2v) is 12.0. The van der Waals surface area contributed by atoms with Gasteiger partial charge >= 0.3 is 5.97 Å². The summed E-state index contributed by atoms with van der Waals surface area (Å²) in [7, 11) is 0.914. The highest BCUT2D eigenvalue weighted by Crippen LogP contribution is 2.36. The van der Waals surface area contributed by atoms with E-state index in [1.165, 1.54) is 0 Å². The van der Waals surface area contributed by atoms with Crippen LogP contribution in [0, 0.1) is 11.3 Å². The molecule has 1 heterocycles. The molecule has 0 spiro atoms. The van der Waals surface area contributed by atoms with Crippen molar-refractivity contribution in [2.75, 3.05) is 25.9 Å². The first-order chi connectivity index (χ1) is 12.2. The van der Waals surface area contributed by atoms with Crippen LogP contribution in [0.4, 0.5) is 0 Å². The lowest BCUT2D eigenvalue weighted by Gasteiger charge is -2.37. The van der Waals surface area contributed by atoms with Crippen LogP contribution in [0.2, 0.25) is 0 Å². The van der Waals surface area contributed by atoms with Crippen molar-refractivity contribution >= 4 is 39.0 Å². The second kappa shape index (κ2) is 11.2. The average Bonchev–Trinajstić information content (AvgIpc) is 2.57. The van der Waals surface area contributed by atoms with Crippen LogP contribution >= 0.6 is 6.58 Å². The van der Waals surface area contributed by atoms with E-state index in [-0.39, 0.29) is 36.6 Å². The molecule has 148 valence electrons. The van der Waals surface area contributed by atoms with Gasteiger partial charge in [-0.25, -0.2) is 0 Å². The van der Waals surface area contributed by atoms with E-state index in [2.05, 4.69) is 43.8 Å². The number of allylic oxidation sites excluding steroid dienone is 1. The number of hydrogen-bond acceptors (Lipinski definition) is 6. The van der Waals surface area contributed by atoms with Gasteiger partial charge in [-0.1, -0.05) is 27.7 Å². The molecule has 8 heteroatoms. The fourth-order valence-electron chi connectivity index (χ4n) is 2.88. The van der Waals surface area contributed by atoms with E-state index in [9.17, 15) is 14.2 Å². The Morgan fingerprint density at radius 2 is 2.08 bits per heavy atom. The maximum Gasteiger partial charge on any atom is 0.306 e. The number of rotatable bonds is 10. The average molecular weight is 420 g/mol. The van der Waals surface area contributed by atoms with E-state index < -0.39 is 6.58 Å². The minimum atomic E-state index is -1.43. The van der Waals surface area contributed by atoms with E-state index in [1.54, 1.807) is 0 Å². The molecule has 1 aliphatic rings. The van der Waals surface area contributed by atoms with Crippen LogP contribution in [-0.2, 0) is 39.6 Å². The molecule has 0 saturated carbocycles. The van der Waals surface area contributed by atoms with E-state index in [4.69, 9.17) is 4.74 Å². The zero-order valence-electron chi connectivity index (χ0n) is 16.2. The van der Waals surface area contributed by atoms with Crippen molar-refractivity contribution in [3.63, 3.8) is 0 Å². The van der Waals surface area contributed by atoms with E-state index in [0.717, 1.165) is 34.6 Å². The fraction of sp³-hybridized carbons (Fsp3) is 0.778. The van der Waals surface area contributed by atoms with Gasteiger partial charge in [0, 0.05) is 37.4 Å². The Morgan fingerprint density at radius 1 is 1.38 bits per heavy atom. The highest BCUT2D eigenvalue weighted by molar-refractivity contribution is 8.32. The highest BCUT2D eigenvalue weighted by Gasteiger charge is 2.32. The largest absolute Gasteiger partial charge is 0.466 e. The highest BCUT2D eigenvalue weighted by atomic mass is 32.9. The standard InChI is InChI=1S/C18H30NO4PS2/c1-14(2)12-19-9-8-18(3,4)15(13-19)16(20)6-7-17(21)23-10-5-11-24(22)26-25/h13-14H,5-12H2,1-4H3. The summed E-state index contributed by atoms with van der Waals surface area (Å²) in [6.07, 6.45) is 4.14. The van der Waals surface area contributed by atoms with Gasteiger partial charge in [0.1, 0.15) is 0 Å². The molecule has 1 aliphatic heterocycles. The summed E-state index contributed by atoms with van der Waals surface area (Å²) in [4.78, 5) is 26.7. The summed E-state index contributed by atoms with van der Waals surface area (Å²) in [5, 5.41) is 0. The molecule has 1 atom stereocenters. The minimum absolute atomic E-state index is 0.0194. The van der Waals surface area contributed by atoms with Gasteiger partial charge in [0.25, 0.3) is 0 Å². The molecule has 1 rings (SSSR count). The molecule has 0 saturated heterocycles. The number of nitrogens with zero attached hydrogens (tertiary/aromatic N) is 1.